The molecule has 1 aliphatic heterocycles. The molecule has 0 aliphatic carbocycles. The van der Waals surface area contributed by atoms with Gasteiger partial charge in [-0.05, 0) is 67.8 Å². The second-order valence-corrected chi connectivity index (χ2v) is 7.99. The second-order valence-electron chi connectivity index (χ2n) is 7.99. The van der Waals surface area contributed by atoms with Gasteiger partial charge >= 0.3 is 0 Å². The molecule has 1 aliphatic rings. The molecule has 0 spiro atoms. The van der Waals surface area contributed by atoms with Crippen molar-refractivity contribution in [2.45, 2.75) is 26.8 Å². The largest absolute Gasteiger partial charge is 0.497 e. The average molecular weight is 415 g/mol. The molecule has 0 radical (unpaired) electrons. The molecule has 0 bridgehead atoms. The zero-order chi connectivity index (χ0) is 22.1. The van der Waals surface area contributed by atoms with Gasteiger partial charge in [0.15, 0.2) is 0 Å². The van der Waals surface area contributed by atoms with Crippen LogP contribution in [0.5, 0.6) is 5.75 Å². The maximum Gasteiger partial charge on any atom is 0.255 e. The summed E-state index contributed by atoms with van der Waals surface area (Å²) in [5.41, 5.74) is 5.33. The van der Waals surface area contributed by atoms with Crippen molar-refractivity contribution in [2.24, 2.45) is 0 Å². The van der Waals surface area contributed by atoms with Crippen LogP contribution < -0.4 is 14.5 Å². The van der Waals surface area contributed by atoms with E-state index in [0.717, 1.165) is 33.6 Å². The Kier molecular flexibility index (Phi) is 5.51. The minimum Gasteiger partial charge on any atom is -0.497 e. The monoisotopic (exact) mass is 414 g/mol. The van der Waals surface area contributed by atoms with Crippen LogP contribution in [0.2, 0.25) is 0 Å². The smallest absolute Gasteiger partial charge is 0.255 e. The summed E-state index contributed by atoms with van der Waals surface area (Å²) in [4.78, 5) is 30.5. The first-order valence-electron chi connectivity index (χ1n) is 10.3. The van der Waals surface area contributed by atoms with Gasteiger partial charge < -0.3 is 9.64 Å². The Bertz CT molecular complexity index is 1120. The van der Waals surface area contributed by atoms with E-state index in [1.54, 1.807) is 16.9 Å². The summed E-state index contributed by atoms with van der Waals surface area (Å²) in [6.45, 7) is 5.95. The van der Waals surface area contributed by atoms with Crippen LogP contribution in [0, 0.1) is 20.8 Å². The standard InChI is InChI=1S/C26H26N2O3/c1-17-6-11-21(12-7-17)27-16-24(29)28(23-15-18(2)5-8-19(23)3)25(26(27)30)20-9-13-22(31-4)14-10-20/h5-15,25H,16H2,1-4H3. The lowest BCUT2D eigenvalue weighted by Crippen LogP contribution is -2.56. The molecule has 5 nitrogen and oxygen atoms in total. The number of nitrogens with zero attached hydrogens (tertiary/aromatic N) is 2. The van der Waals surface area contributed by atoms with Gasteiger partial charge in [0.1, 0.15) is 18.3 Å². The first kappa shape index (κ1) is 20.7. The number of methoxy groups -OCH3 is 1. The number of anilines is 2. The highest BCUT2D eigenvalue weighted by molar-refractivity contribution is 6.14. The van der Waals surface area contributed by atoms with Gasteiger partial charge in [-0.25, -0.2) is 0 Å². The molecule has 1 heterocycles. The number of hydrogen-bond donors (Lipinski definition) is 0. The molecule has 0 saturated carbocycles. The number of rotatable bonds is 4. The van der Waals surface area contributed by atoms with Crippen molar-refractivity contribution < 1.29 is 14.3 Å². The number of ether oxygens (including phenoxy) is 1. The van der Waals surface area contributed by atoms with Gasteiger partial charge in [0.05, 0.1) is 7.11 Å². The zero-order valence-corrected chi connectivity index (χ0v) is 18.3. The van der Waals surface area contributed by atoms with Crippen LogP contribution in [-0.4, -0.2) is 25.5 Å². The average Bonchev–Trinajstić information content (AvgIpc) is 2.77. The van der Waals surface area contributed by atoms with Gasteiger partial charge in [-0.3, -0.25) is 14.5 Å². The van der Waals surface area contributed by atoms with E-state index in [0.29, 0.717) is 5.75 Å². The van der Waals surface area contributed by atoms with Gasteiger partial charge in [0.2, 0.25) is 5.91 Å². The Morgan fingerprint density at radius 2 is 1.48 bits per heavy atom. The Balaban J connectivity index is 1.84. The summed E-state index contributed by atoms with van der Waals surface area (Å²) in [5.74, 6) is 0.455. The molecular formula is C26H26N2O3. The highest BCUT2D eigenvalue weighted by atomic mass is 16.5. The molecule has 3 aromatic carbocycles. The lowest BCUT2D eigenvalue weighted by Gasteiger charge is -2.41. The van der Waals surface area contributed by atoms with Crippen LogP contribution in [-0.2, 0) is 9.59 Å². The number of aryl methyl sites for hydroxylation is 3. The molecule has 1 atom stereocenters. The molecule has 0 N–H and O–H groups in total. The molecule has 1 unspecified atom stereocenters. The number of amides is 2. The van der Waals surface area contributed by atoms with Crippen molar-refractivity contribution in [2.75, 3.05) is 23.5 Å². The van der Waals surface area contributed by atoms with Crippen molar-refractivity contribution in [1.82, 2.24) is 0 Å². The summed E-state index contributed by atoms with van der Waals surface area (Å²) in [6.07, 6.45) is 0. The second kappa shape index (κ2) is 8.26. The van der Waals surface area contributed by atoms with Crippen LogP contribution in [0.1, 0.15) is 28.3 Å². The van der Waals surface area contributed by atoms with Gasteiger partial charge in [0.25, 0.3) is 5.91 Å². The van der Waals surface area contributed by atoms with E-state index in [1.807, 2.05) is 87.5 Å². The number of piperazine rings is 1. The van der Waals surface area contributed by atoms with Crippen molar-refractivity contribution in [3.63, 3.8) is 0 Å². The van der Waals surface area contributed by atoms with E-state index in [9.17, 15) is 9.59 Å². The summed E-state index contributed by atoms with van der Waals surface area (Å²) < 4.78 is 5.28. The summed E-state index contributed by atoms with van der Waals surface area (Å²) in [5, 5.41) is 0. The number of carbonyl (C=O) groups is 2. The van der Waals surface area contributed by atoms with Crippen LogP contribution in [0.25, 0.3) is 0 Å². The SMILES string of the molecule is COc1ccc(C2C(=O)N(c3ccc(C)cc3)CC(=O)N2c2cc(C)ccc2C)cc1. The number of hydrogen-bond acceptors (Lipinski definition) is 3. The van der Waals surface area contributed by atoms with Gasteiger partial charge in [0, 0.05) is 11.4 Å². The Morgan fingerprint density at radius 3 is 2.13 bits per heavy atom. The van der Waals surface area contributed by atoms with Crippen molar-refractivity contribution in [1.29, 1.82) is 0 Å². The Morgan fingerprint density at radius 1 is 0.839 bits per heavy atom. The first-order chi connectivity index (χ1) is 14.9. The third-order valence-corrected chi connectivity index (χ3v) is 5.72. The Hall–Kier alpha value is -3.60. The number of carbonyl (C=O) groups excluding carboxylic acids is 2. The summed E-state index contributed by atoms with van der Waals surface area (Å²) in [6, 6.07) is 20.2. The van der Waals surface area contributed by atoms with Crippen molar-refractivity contribution in [3.8, 4) is 5.75 Å². The summed E-state index contributed by atoms with van der Waals surface area (Å²) >= 11 is 0. The van der Waals surface area contributed by atoms with Gasteiger partial charge in [-0.2, -0.15) is 0 Å². The lowest BCUT2D eigenvalue weighted by molar-refractivity contribution is -0.128. The fourth-order valence-electron chi connectivity index (χ4n) is 3.96. The minimum absolute atomic E-state index is 0.00192. The van der Waals surface area contributed by atoms with E-state index in [2.05, 4.69) is 0 Å². The topological polar surface area (TPSA) is 49.9 Å². The molecule has 5 heteroatoms. The quantitative estimate of drug-likeness (QED) is 0.620. The van der Waals surface area contributed by atoms with E-state index in [-0.39, 0.29) is 18.4 Å². The minimum atomic E-state index is -0.756. The first-order valence-corrected chi connectivity index (χ1v) is 10.3. The predicted molar refractivity (Wildman–Crippen MR) is 123 cm³/mol. The molecule has 31 heavy (non-hydrogen) atoms. The lowest BCUT2D eigenvalue weighted by atomic mass is 9.97. The maximum absolute atomic E-state index is 13.8. The zero-order valence-electron chi connectivity index (χ0n) is 18.3. The summed E-state index contributed by atoms with van der Waals surface area (Å²) in [7, 11) is 1.60. The fourth-order valence-corrected chi connectivity index (χ4v) is 3.96. The van der Waals surface area contributed by atoms with E-state index in [4.69, 9.17) is 4.74 Å². The van der Waals surface area contributed by atoms with E-state index < -0.39 is 6.04 Å². The molecule has 1 fully saturated rings. The third-order valence-electron chi connectivity index (χ3n) is 5.72. The van der Waals surface area contributed by atoms with Crippen LogP contribution in [0.4, 0.5) is 11.4 Å². The molecule has 0 aromatic heterocycles. The highest BCUT2D eigenvalue weighted by Gasteiger charge is 2.42. The predicted octanol–water partition coefficient (Wildman–Crippen LogP) is 4.74. The van der Waals surface area contributed by atoms with Gasteiger partial charge in [-0.1, -0.05) is 42.0 Å². The Labute approximate surface area is 182 Å². The van der Waals surface area contributed by atoms with E-state index in [1.165, 1.54) is 0 Å². The van der Waals surface area contributed by atoms with Crippen LogP contribution in [0.15, 0.2) is 66.7 Å². The third kappa shape index (κ3) is 3.91. The molecule has 4 rings (SSSR count). The molecular weight excluding hydrogens is 388 g/mol. The molecule has 1 saturated heterocycles. The van der Waals surface area contributed by atoms with Crippen LogP contribution >= 0.6 is 0 Å². The van der Waals surface area contributed by atoms with E-state index >= 15 is 0 Å². The van der Waals surface area contributed by atoms with Crippen molar-refractivity contribution in [3.05, 3.63) is 89.0 Å². The van der Waals surface area contributed by atoms with Crippen LogP contribution in [0.3, 0.4) is 0 Å². The number of benzene rings is 3. The van der Waals surface area contributed by atoms with Crippen molar-refractivity contribution >= 4 is 23.2 Å². The molecule has 158 valence electrons. The fraction of sp³-hybridized carbons (Fsp3) is 0.231. The highest BCUT2D eigenvalue weighted by Crippen LogP contribution is 2.37. The normalized spacial score (nSPS) is 16.6. The van der Waals surface area contributed by atoms with Gasteiger partial charge in [-0.15, -0.1) is 0 Å². The maximum atomic E-state index is 13.8. The molecule has 3 aromatic rings. The molecule has 2 amide bonds.